The van der Waals surface area contributed by atoms with E-state index in [-0.39, 0.29) is 22.3 Å². The number of nitrogens with two attached hydrogens (primary N) is 1. The zero-order valence-electron chi connectivity index (χ0n) is 21.4. The molecule has 41 heavy (non-hydrogen) atoms. The number of aliphatic hydroxyl groups is 2. The van der Waals surface area contributed by atoms with Crippen molar-refractivity contribution >= 4 is 25.2 Å². The van der Waals surface area contributed by atoms with Gasteiger partial charge in [0.2, 0.25) is 0 Å². The molecule has 0 spiro atoms. The fraction of sp³-hybridized carbons (Fsp3) is 0.333. The molecule has 0 radical (unpaired) electrons. The minimum atomic E-state index is -4.81. The lowest BCUT2D eigenvalue weighted by atomic mass is 9.96. The Labute approximate surface area is 236 Å². The van der Waals surface area contributed by atoms with Gasteiger partial charge in [0.1, 0.15) is 41.0 Å². The van der Waals surface area contributed by atoms with Crippen LogP contribution in [0.2, 0.25) is 5.02 Å². The average molecular weight is 620 g/mol. The standard InChI is InChI=1S/C24H25ClF2N3O10P/c1-35-13-3-7-15(8-4-13)39-41(34,40-16-9-5-14(36-2)6-10-16)37-12-24(22(26)27)19(32)18(31)21(38-24)30-11-17(25)20(28)29-23(30)33/h3-11,18-19,21-22,31-32H,12H2,1-2H3,(H2,28,29,33)/t18-,19-,21+,24+/m0/s1. The number of methoxy groups -OCH3 is 2. The fourth-order valence-electron chi connectivity index (χ4n) is 3.82. The summed E-state index contributed by atoms with van der Waals surface area (Å²) >= 11 is 5.89. The van der Waals surface area contributed by atoms with Crippen molar-refractivity contribution in [3.05, 3.63) is 70.2 Å². The van der Waals surface area contributed by atoms with E-state index in [4.69, 9.17) is 45.1 Å². The number of aromatic nitrogens is 2. The summed E-state index contributed by atoms with van der Waals surface area (Å²) in [5.74, 6) is 0.436. The predicted octanol–water partition coefficient (Wildman–Crippen LogP) is 3.03. The van der Waals surface area contributed by atoms with E-state index in [0.29, 0.717) is 16.1 Å². The van der Waals surface area contributed by atoms with Crippen LogP contribution in [-0.2, 0) is 13.8 Å². The van der Waals surface area contributed by atoms with Gasteiger partial charge in [-0.05, 0) is 48.5 Å². The highest BCUT2D eigenvalue weighted by Crippen LogP contribution is 2.52. The molecule has 0 saturated carbocycles. The van der Waals surface area contributed by atoms with Crippen molar-refractivity contribution in [3.63, 3.8) is 0 Å². The van der Waals surface area contributed by atoms with E-state index in [0.717, 1.165) is 6.20 Å². The summed E-state index contributed by atoms with van der Waals surface area (Å²) in [7, 11) is -1.96. The van der Waals surface area contributed by atoms with Crippen LogP contribution >= 0.6 is 19.4 Å². The first-order valence-electron chi connectivity index (χ1n) is 11.7. The highest BCUT2D eigenvalue weighted by Gasteiger charge is 2.62. The number of hydrogen-bond donors (Lipinski definition) is 3. The zero-order chi connectivity index (χ0) is 29.9. The lowest BCUT2D eigenvalue weighted by Gasteiger charge is -2.31. The molecule has 1 aliphatic rings. The molecule has 2 aromatic carbocycles. The quantitative estimate of drug-likeness (QED) is 0.268. The number of anilines is 1. The van der Waals surface area contributed by atoms with E-state index in [1.807, 2.05) is 0 Å². The summed E-state index contributed by atoms with van der Waals surface area (Å²) in [6.07, 6.45) is -8.99. The molecule has 0 bridgehead atoms. The van der Waals surface area contributed by atoms with Crippen LogP contribution in [0.1, 0.15) is 6.23 Å². The topological polar surface area (TPSA) is 174 Å². The number of ether oxygens (including phenoxy) is 3. The van der Waals surface area contributed by atoms with Gasteiger partial charge in [0.05, 0.1) is 25.8 Å². The number of rotatable bonds is 11. The molecule has 0 unspecified atom stereocenters. The van der Waals surface area contributed by atoms with Crippen molar-refractivity contribution in [1.29, 1.82) is 0 Å². The van der Waals surface area contributed by atoms with E-state index in [1.165, 1.54) is 62.8 Å². The van der Waals surface area contributed by atoms with E-state index in [2.05, 4.69) is 4.98 Å². The molecule has 2 heterocycles. The highest BCUT2D eigenvalue weighted by atomic mass is 35.5. The number of halogens is 3. The van der Waals surface area contributed by atoms with Gasteiger partial charge in [0.25, 0.3) is 6.43 Å². The molecule has 3 aromatic rings. The van der Waals surface area contributed by atoms with Gasteiger partial charge in [0, 0.05) is 6.20 Å². The molecule has 1 aliphatic heterocycles. The Morgan fingerprint density at radius 3 is 2.00 bits per heavy atom. The molecule has 4 atom stereocenters. The van der Waals surface area contributed by atoms with Gasteiger partial charge in [-0.15, -0.1) is 0 Å². The van der Waals surface area contributed by atoms with Crippen molar-refractivity contribution in [1.82, 2.24) is 9.55 Å². The zero-order valence-corrected chi connectivity index (χ0v) is 23.1. The third kappa shape index (κ3) is 6.40. The molecule has 0 aliphatic carbocycles. The van der Waals surface area contributed by atoms with Crippen LogP contribution in [0.5, 0.6) is 23.0 Å². The van der Waals surface area contributed by atoms with Crippen molar-refractivity contribution in [2.75, 3.05) is 26.6 Å². The maximum Gasteiger partial charge on any atom is 0.587 e. The second kappa shape index (κ2) is 12.2. The molecule has 4 N–H and O–H groups in total. The number of nitrogens with zero attached hydrogens (tertiary/aromatic N) is 2. The minimum Gasteiger partial charge on any atom is -0.497 e. The lowest BCUT2D eigenvalue weighted by molar-refractivity contribution is -0.193. The maximum absolute atomic E-state index is 14.5. The summed E-state index contributed by atoms with van der Waals surface area (Å²) in [6.45, 7) is -1.33. The molecular weight excluding hydrogens is 595 g/mol. The van der Waals surface area contributed by atoms with E-state index < -0.39 is 50.6 Å². The number of alkyl halides is 2. The molecule has 1 aromatic heterocycles. The van der Waals surface area contributed by atoms with E-state index in [1.54, 1.807) is 0 Å². The predicted molar refractivity (Wildman–Crippen MR) is 140 cm³/mol. The average Bonchev–Trinajstić information content (AvgIpc) is 3.21. The molecule has 222 valence electrons. The summed E-state index contributed by atoms with van der Waals surface area (Å²) in [5.41, 5.74) is 1.36. The normalized spacial score (nSPS) is 22.5. The van der Waals surface area contributed by atoms with Gasteiger partial charge in [-0.25, -0.2) is 18.1 Å². The first kappa shape index (κ1) is 30.5. The van der Waals surface area contributed by atoms with Crippen LogP contribution in [0.15, 0.2) is 59.5 Å². The molecule has 0 amide bonds. The highest BCUT2D eigenvalue weighted by molar-refractivity contribution is 7.49. The molecule has 1 fully saturated rings. The summed E-state index contributed by atoms with van der Waals surface area (Å²) in [4.78, 5) is 15.8. The van der Waals surface area contributed by atoms with Crippen LogP contribution in [0.4, 0.5) is 14.6 Å². The maximum atomic E-state index is 14.5. The van der Waals surface area contributed by atoms with Crippen molar-refractivity contribution in [2.24, 2.45) is 0 Å². The second-order valence-corrected chi connectivity index (χ2v) is 10.5. The SMILES string of the molecule is COc1ccc(OP(=O)(OC[C@@]2(C(F)F)O[C@@H](n3cc(Cl)c(N)nc3=O)[C@@H](O)[C@@H]2O)Oc2ccc(OC)cc2)cc1. The first-order chi connectivity index (χ1) is 19.4. The lowest BCUT2D eigenvalue weighted by Crippen LogP contribution is -2.52. The number of benzene rings is 2. The Morgan fingerprint density at radius 1 is 1.05 bits per heavy atom. The van der Waals surface area contributed by atoms with Gasteiger partial charge < -0.3 is 39.2 Å². The van der Waals surface area contributed by atoms with Gasteiger partial charge in [-0.3, -0.25) is 9.09 Å². The summed E-state index contributed by atoms with van der Waals surface area (Å²) in [5, 5.41) is 21.0. The minimum absolute atomic E-state index is 0.0475. The summed E-state index contributed by atoms with van der Waals surface area (Å²) in [6, 6.07) is 11.3. The van der Waals surface area contributed by atoms with Gasteiger partial charge in [-0.1, -0.05) is 11.6 Å². The van der Waals surface area contributed by atoms with Crippen molar-refractivity contribution in [2.45, 2.75) is 30.5 Å². The van der Waals surface area contributed by atoms with Crippen LogP contribution in [-0.4, -0.2) is 64.8 Å². The van der Waals surface area contributed by atoms with Crippen molar-refractivity contribution in [3.8, 4) is 23.0 Å². The largest absolute Gasteiger partial charge is 0.587 e. The van der Waals surface area contributed by atoms with Crippen LogP contribution in [0, 0.1) is 0 Å². The number of aliphatic hydroxyl groups excluding tert-OH is 2. The third-order valence-electron chi connectivity index (χ3n) is 6.04. The first-order valence-corrected chi connectivity index (χ1v) is 13.5. The second-order valence-electron chi connectivity index (χ2n) is 8.62. The number of phosphoric acid groups is 1. The van der Waals surface area contributed by atoms with Gasteiger partial charge in [-0.2, -0.15) is 4.98 Å². The van der Waals surface area contributed by atoms with Crippen LogP contribution in [0.3, 0.4) is 0 Å². The third-order valence-corrected chi connectivity index (χ3v) is 7.64. The Kier molecular flexibility index (Phi) is 9.07. The summed E-state index contributed by atoms with van der Waals surface area (Å²) < 4.78 is 75.1. The Bertz CT molecular complexity index is 1410. The Hall–Kier alpha value is -3.46. The monoisotopic (exact) mass is 619 g/mol. The number of hydrogen-bond acceptors (Lipinski definition) is 12. The van der Waals surface area contributed by atoms with E-state index in [9.17, 15) is 28.4 Å². The van der Waals surface area contributed by atoms with E-state index >= 15 is 0 Å². The number of phosphoric ester groups is 1. The van der Waals surface area contributed by atoms with Gasteiger partial charge in [0.15, 0.2) is 11.8 Å². The fourth-order valence-corrected chi connectivity index (χ4v) is 5.23. The molecule has 1 saturated heterocycles. The molecule has 13 nitrogen and oxygen atoms in total. The van der Waals surface area contributed by atoms with Crippen molar-refractivity contribution < 1.29 is 51.3 Å². The molecule has 4 rings (SSSR count). The van der Waals surface area contributed by atoms with Gasteiger partial charge >= 0.3 is 13.5 Å². The van der Waals surface area contributed by atoms with Crippen LogP contribution < -0.4 is 29.9 Å². The molecule has 17 heteroatoms. The molecular formula is C24H25ClF2N3O10P. The Balaban J connectivity index is 1.65. The number of nitrogen functional groups attached to an aromatic ring is 1. The Morgan fingerprint density at radius 2 is 1.54 bits per heavy atom. The van der Waals surface area contributed by atoms with Crippen LogP contribution in [0.25, 0.3) is 0 Å². The smallest absolute Gasteiger partial charge is 0.497 e.